The van der Waals surface area contributed by atoms with Crippen LogP contribution in [-0.4, -0.2) is 15.9 Å². The van der Waals surface area contributed by atoms with Gasteiger partial charge in [-0.15, -0.1) is 0 Å². The maximum atomic E-state index is 12.5. The number of hydrogen-bond acceptors (Lipinski definition) is 3. The molecule has 0 saturated carbocycles. The Morgan fingerprint density at radius 1 is 1.14 bits per heavy atom. The highest BCUT2D eigenvalue weighted by Crippen LogP contribution is 2.07. The largest absolute Gasteiger partial charge is 0.282 e. The van der Waals surface area contributed by atoms with Crippen LogP contribution in [0.3, 0.4) is 0 Å². The zero-order valence-electron chi connectivity index (χ0n) is 12.7. The molecule has 0 atom stereocenters. The van der Waals surface area contributed by atoms with Crippen molar-refractivity contribution < 1.29 is 0 Å². The number of benzene rings is 2. The molecule has 110 valence electrons. The third-order valence-corrected chi connectivity index (χ3v) is 3.63. The van der Waals surface area contributed by atoms with Crippen molar-refractivity contribution in [3.05, 3.63) is 75.8 Å². The van der Waals surface area contributed by atoms with Crippen molar-refractivity contribution in [2.75, 3.05) is 0 Å². The molecule has 2 aromatic carbocycles. The summed E-state index contributed by atoms with van der Waals surface area (Å²) in [5, 5.41) is 4.87. The van der Waals surface area contributed by atoms with E-state index in [0.29, 0.717) is 16.7 Å². The van der Waals surface area contributed by atoms with Crippen LogP contribution in [0, 0.1) is 6.92 Å². The molecule has 0 aliphatic rings. The minimum atomic E-state index is -0.149. The third kappa shape index (κ3) is 2.68. The smallest absolute Gasteiger partial charge is 0.267 e. The maximum absolute atomic E-state index is 12.5. The lowest BCUT2D eigenvalue weighted by atomic mass is 10.1. The molecular weight excluding hydrogens is 274 g/mol. The Kier molecular flexibility index (Phi) is 3.83. The van der Waals surface area contributed by atoms with Crippen LogP contribution < -0.4 is 5.56 Å². The summed E-state index contributed by atoms with van der Waals surface area (Å²) in [6.07, 6.45) is 2.69. The van der Waals surface area contributed by atoms with Gasteiger partial charge in [-0.25, -0.2) is 4.98 Å². The van der Waals surface area contributed by atoms with Crippen LogP contribution >= 0.6 is 0 Å². The van der Waals surface area contributed by atoms with Crippen LogP contribution in [0.25, 0.3) is 10.9 Å². The van der Waals surface area contributed by atoms with Gasteiger partial charge in [0.05, 0.1) is 17.1 Å². The van der Waals surface area contributed by atoms with Crippen molar-refractivity contribution in [3.63, 3.8) is 0 Å². The van der Waals surface area contributed by atoms with E-state index in [2.05, 4.69) is 29.1 Å². The molecule has 0 fully saturated rings. The minimum Gasteiger partial charge on any atom is -0.267 e. The highest BCUT2D eigenvalue weighted by molar-refractivity contribution is 5.80. The fourth-order valence-corrected chi connectivity index (χ4v) is 2.33. The molecule has 0 N–H and O–H groups in total. The Balaban J connectivity index is 2.02. The van der Waals surface area contributed by atoms with Gasteiger partial charge in [0.2, 0.25) is 0 Å². The normalized spacial score (nSPS) is 11.4. The molecule has 0 radical (unpaired) electrons. The highest BCUT2D eigenvalue weighted by Gasteiger charge is 2.06. The van der Waals surface area contributed by atoms with E-state index in [1.54, 1.807) is 19.2 Å². The van der Waals surface area contributed by atoms with E-state index in [4.69, 9.17) is 0 Å². The first kappa shape index (κ1) is 14.2. The molecule has 0 saturated heterocycles. The van der Waals surface area contributed by atoms with Gasteiger partial charge in [-0.1, -0.05) is 43.3 Å². The zero-order chi connectivity index (χ0) is 15.5. The van der Waals surface area contributed by atoms with Crippen molar-refractivity contribution >= 4 is 17.1 Å². The molecule has 4 nitrogen and oxygen atoms in total. The molecular formula is C18H17N3O. The highest BCUT2D eigenvalue weighted by atomic mass is 16.1. The molecule has 0 aliphatic heterocycles. The van der Waals surface area contributed by atoms with Gasteiger partial charge in [-0.2, -0.15) is 9.78 Å². The van der Waals surface area contributed by atoms with Crippen molar-refractivity contribution in [3.8, 4) is 0 Å². The number of para-hydroxylation sites is 1. The molecule has 1 aromatic heterocycles. The number of hydrogen-bond donors (Lipinski definition) is 0. The number of aromatic nitrogens is 2. The quantitative estimate of drug-likeness (QED) is 0.696. The van der Waals surface area contributed by atoms with E-state index in [9.17, 15) is 4.79 Å². The average Bonchev–Trinajstić information content (AvgIpc) is 2.55. The first-order valence-electron chi connectivity index (χ1n) is 7.30. The lowest BCUT2D eigenvalue weighted by Gasteiger charge is -2.05. The molecule has 4 heteroatoms. The van der Waals surface area contributed by atoms with Crippen molar-refractivity contribution in [1.29, 1.82) is 0 Å². The molecule has 3 aromatic rings. The summed E-state index contributed by atoms with van der Waals surface area (Å²) >= 11 is 0. The fourth-order valence-electron chi connectivity index (χ4n) is 2.33. The van der Waals surface area contributed by atoms with Gasteiger partial charge in [0.15, 0.2) is 0 Å². The van der Waals surface area contributed by atoms with E-state index in [0.717, 1.165) is 12.0 Å². The van der Waals surface area contributed by atoms with Crippen LogP contribution in [0.5, 0.6) is 0 Å². The molecule has 0 unspecified atom stereocenters. The predicted molar refractivity (Wildman–Crippen MR) is 89.6 cm³/mol. The van der Waals surface area contributed by atoms with Gasteiger partial charge >= 0.3 is 0 Å². The van der Waals surface area contributed by atoms with E-state index >= 15 is 0 Å². The number of fused-ring (bicyclic) bond motifs is 1. The molecule has 0 aliphatic carbocycles. The predicted octanol–water partition coefficient (Wildman–Crippen LogP) is 3.15. The minimum absolute atomic E-state index is 0.149. The average molecular weight is 291 g/mol. The molecule has 0 amide bonds. The molecule has 3 rings (SSSR count). The Labute approximate surface area is 128 Å². The fraction of sp³-hybridized carbons (Fsp3) is 0.167. The van der Waals surface area contributed by atoms with Crippen LogP contribution in [0.2, 0.25) is 0 Å². The van der Waals surface area contributed by atoms with Crippen LogP contribution in [0.4, 0.5) is 0 Å². The molecule has 0 spiro atoms. The summed E-state index contributed by atoms with van der Waals surface area (Å²) in [7, 11) is 0. The van der Waals surface area contributed by atoms with Crippen LogP contribution in [-0.2, 0) is 6.42 Å². The second-order valence-corrected chi connectivity index (χ2v) is 5.13. The summed E-state index contributed by atoms with van der Waals surface area (Å²) < 4.78 is 1.34. The molecule has 1 heterocycles. The van der Waals surface area contributed by atoms with Gasteiger partial charge in [-0.3, -0.25) is 4.79 Å². The Morgan fingerprint density at radius 2 is 1.86 bits per heavy atom. The van der Waals surface area contributed by atoms with Gasteiger partial charge in [-0.05, 0) is 36.6 Å². The summed E-state index contributed by atoms with van der Waals surface area (Å²) in [6.45, 7) is 3.90. The second-order valence-electron chi connectivity index (χ2n) is 5.13. The Hall–Kier alpha value is -2.75. The number of rotatable bonds is 3. The number of aryl methyl sites for hydroxylation is 2. The van der Waals surface area contributed by atoms with Gasteiger partial charge < -0.3 is 0 Å². The topological polar surface area (TPSA) is 47.2 Å². The standard InChI is InChI=1S/C18H17N3O/c1-3-14-8-10-15(11-9-14)12-19-21-13(2)20-17-7-5-4-6-16(17)18(21)22/h4-12H,3H2,1-2H3/b19-12-. The zero-order valence-corrected chi connectivity index (χ0v) is 12.7. The van der Waals surface area contributed by atoms with Crippen molar-refractivity contribution in [1.82, 2.24) is 9.66 Å². The number of nitrogens with zero attached hydrogens (tertiary/aromatic N) is 3. The van der Waals surface area contributed by atoms with E-state index in [1.807, 2.05) is 30.3 Å². The molecule has 22 heavy (non-hydrogen) atoms. The van der Waals surface area contributed by atoms with Crippen LogP contribution in [0.15, 0.2) is 58.4 Å². The third-order valence-electron chi connectivity index (χ3n) is 3.63. The van der Waals surface area contributed by atoms with Crippen molar-refractivity contribution in [2.24, 2.45) is 5.10 Å². The van der Waals surface area contributed by atoms with Gasteiger partial charge in [0.25, 0.3) is 5.56 Å². The Bertz CT molecular complexity index is 892. The second kappa shape index (κ2) is 5.93. The SMILES string of the molecule is CCc1ccc(/C=N\n2c(C)nc3ccccc3c2=O)cc1. The summed E-state index contributed by atoms with van der Waals surface area (Å²) in [6, 6.07) is 15.4. The van der Waals surface area contributed by atoms with Crippen molar-refractivity contribution in [2.45, 2.75) is 20.3 Å². The first-order valence-corrected chi connectivity index (χ1v) is 7.30. The van der Waals surface area contributed by atoms with E-state index in [1.165, 1.54) is 10.2 Å². The molecule has 0 bridgehead atoms. The van der Waals surface area contributed by atoms with E-state index < -0.39 is 0 Å². The monoisotopic (exact) mass is 291 g/mol. The first-order chi connectivity index (χ1) is 10.7. The van der Waals surface area contributed by atoms with Gasteiger partial charge in [0.1, 0.15) is 5.82 Å². The lowest BCUT2D eigenvalue weighted by Crippen LogP contribution is -2.20. The maximum Gasteiger partial charge on any atom is 0.282 e. The van der Waals surface area contributed by atoms with Gasteiger partial charge in [0, 0.05) is 0 Å². The Morgan fingerprint density at radius 3 is 2.59 bits per heavy atom. The summed E-state index contributed by atoms with van der Waals surface area (Å²) in [4.78, 5) is 16.9. The summed E-state index contributed by atoms with van der Waals surface area (Å²) in [5.74, 6) is 0.574. The van der Waals surface area contributed by atoms with E-state index in [-0.39, 0.29) is 5.56 Å². The van der Waals surface area contributed by atoms with Crippen LogP contribution in [0.1, 0.15) is 23.9 Å². The summed E-state index contributed by atoms with van der Waals surface area (Å²) in [5.41, 5.74) is 2.78. The lowest BCUT2D eigenvalue weighted by molar-refractivity contribution is 0.771.